The molecule has 2 heterocycles. The lowest BCUT2D eigenvalue weighted by Gasteiger charge is -2.44. The second-order valence-electron chi connectivity index (χ2n) is 16.8. The van der Waals surface area contributed by atoms with E-state index in [2.05, 4.69) is 79.3 Å². The molecule has 296 valence electrons. The minimum absolute atomic E-state index is 0.0693. The second kappa shape index (κ2) is 18.7. The number of carbonyl (C=O) groups excluding carboxylic acids is 3. The van der Waals surface area contributed by atoms with Gasteiger partial charge < -0.3 is 18.3 Å². The number of esters is 1. The van der Waals surface area contributed by atoms with E-state index in [-0.39, 0.29) is 47.5 Å². The van der Waals surface area contributed by atoms with Crippen molar-refractivity contribution in [2.45, 2.75) is 188 Å². The Kier molecular flexibility index (Phi) is 16.0. The molecule has 0 saturated carbocycles. The molecule has 1 unspecified atom stereocenters. The van der Waals surface area contributed by atoms with Crippen LogP contribution in [0, 0.1) is 17.3 Å². The average molecular weight is 760 g/mol. The largest absolute Gasteiger partial charge is 0.497 e. The van der Waals surface area contributed by atoms with Gasteiger partial charge in [0.1, 0.15) is 11.5 Å². The van der Waals surface area contributed by atoms with Crippen LogP contribution in [0.2, 0.25) is 36.3 Å². The van der Waals surface area contributed by atoms with E-state index in [9.17, 15) is 14.4 Å². The maximum Gasteiger partial charge on any atom is 0.309 e. The fourth-order valence-corrected chi connectivity index (χ4v) is 14.9. The summed E-state index contributed by atoms with van der Waals surface area (Å²) in [5.74, 6) is 0.0546. The monoisotopic (exact) mass is 759 g/mol. The quantitative estimate of drug-likeness (QED) is 0.105. The van der Waals surface area contributed by atoms with Gasteiger partial charge in [0, 0.05) is 35.9 Å². The molecule has 0 aliphatic carbocycles. The molecule has 3 rings (SSSR count). The Balaban J connectivity index is 2.10. The lowest BCUT2D eigenvalue weighted by molar-refractivity contribution is -0.159. The number of hydrogen-bond donors (Lipinski definition) is 0. The molecular weight excluding hydrogens is 687 g/mol. The summed E-state index contributed by atoms with van der Waals surface area (Å²) < 4.78 is 25.9. The highest BCUT2D eigenvalue weighted by Gasteiger charge is 2.59. The first kappa shape index (κ1) is 44.5. The van der Waals surface area contributed by atoms with Crippen LogP contribution in [0.4, 0.5) is 0 Å². The standard InChI is InChI=1S/C42H73NO7Si2/c1-14-51(15-2,16-3)49-37-28-38(45)48-35(32(9)44)27-36-42(12,43(36)29-33-22-24-34(47-13)25-23-33)26-20-21-30(7)39(31(8)40(46)41(37,10)11)50-52(17-4,18-5)19-6/h22-25,30-31,35-37,39H,14-21,26-29H2,1-13H3/t30-,31+,35-,36-,37-,39-,42+,43?/m0/s1. The van der Waals surface area contributed by atoms with Gasteiger partial charge in [-0.2, -0.15) is 0 Å². The summed E-state index contributed by atoms with van der Waals surface area (Å²) in [5.41, 5.74) is 0.0361. The van der Waals surface area contributed by atoms with Gasteiger partial charge in [0.05, 0.1) is 25.7 Å². The number of hydrogen-bond acceptors (Lipinski definition) is 8. The predicted octanol–water partition coefficient (Wildman–Crippen LogP) is 9.75. The Morgan fingerprint density at radius 1 is 0.885 bits per heavy atom. The number of rotatable bonds is 14. The van der Waals surface area contributed by atoms with Crippen LogP contribution < -0.4 is 4.74 Å². The van der Waals surface area contributed by atoms with E-state index in [0.717, 1.165) is 67.8 Å². The molecule has 0 spiro atoms. The number of methoxy groups -OCH3 is 1. The summed E-state index contributed by atoms with van der Waals surface area (Å²) in [6.07, 6.45) is 1.46. The van der Waals surface area contributed by atoms with E-state index >= 15 is 0 Å². The molecule has 0 aromatic heterocycles. The molecular formula is C42H73NO7Si2. The Morgan fingerprint density at radius 3 is 1.92 bits per heavy atom. The third kappa shape index (κ3) is 10.1. The molecule has 10 heteroatoms. The lowest BCUT2D eigenvalue weighted by atomic mass is 9.73. The summed E-state index contributed by atoms with van der Waals surface area (Å²) in [6, 6.07) is 14.0. The van der Waals surface area contributed by atoms with Crippen LogP contribution in [0.25, 0.3) is 0 Å². The number of Topliss-reactive ketones (excluding diaryl/α,β-unsaturated/α-hetero) is 2. The van der Waals surface area contributed by atoms with Crippen molar-refractivity contribution in [1.82, 2.24) is 4.90 Å². The highest BCUT2D eigenvalue weighted by Crippen LogP contribution is 2.49. The third-order valence-corrected chi connectivity index (χ3v) is 22.9. The van der Waals surface area contributed by atoms with Crippen molar-refractivity contribution in [3.63, 3.8) is 0 Å². The van der Waals surface area contributed by atoms with Crippen LogP contribution in [-0.2, 0) is 34.5 Å². The van der Waals surface area contributed by atoms with Gasteiger partial charge in [-0.3, -0.25) is 19.3 Å². The highest BCUT2D eigenvalue weighted by atomic mass is 28.4. The Morgan fingerprint density at radius 2 is 1.42 bits per heavy atom. The van der Waals surface area contributed by atoms with Gasteiger partial charge in [0.15, 0.2) is 28.5 Å². The normalized spacial score (nSPS) is 30.7. The molecule has 0 amide bonds. The van der Waals surface area contributed by atoms with E-state index in [1.807, 2.05) is 26.0 Å². The Bertz CT molecular complexity index is 1310. The van der Waals surface area contributed by atoms with Crippen molar-refractivity contribution >= 4 is 34.2 Å². The van der Waals surface area contributed by atoms with E-state index in [4.69, 9.17) is 18.3 Å². The number of ketones is 2. The van der Waals surface area contributed by atoms with Gasteiger partial charge in [-0.25, -0.2) is 0 Å². The first-order chi connectivity index (χ1) is 24.4. The van der Waals surface area contributed by atoms with Crippen molar-refractivity contribution in [3.05, 3.63) is 29.8 Å². The molecule has 2 aliphatic rings. The molecule has 1 aromatic carbocycles. The highest BCUT2D eigenvalue weighted by molar-refractivity contribution is 6.74. The fraction of sp³-hybridized carbons (Fsp3) is 0.786. The number of nitrogens with zero attached hydrogens (tertiary/aromatic N) is 1. The molecule has 1 aromatic rings. The Hall–Kier alpha value is -1.86. The van der Waals surface area contributed by atoms with Crippen LogP contribution in [0.15, 0.2) is 24.3 Å². The maximum atomic E-state index is 14.9. The topological polar surface area (TPSA) is 91.1 Å². The fourth-order valence-electron chi connectivity index (χ4n) is 8.93. The molecule has 2 aliphatic heterocycles. The molecule has 0 N–H and O–H groups in total. The van der Waals surface area contributed by atoms with E-state index in [1.54, 1.807) is 7.11 Å². The minimum Gasteiger partial charge on any atom is -0.497 e. The molecule has 2 saturated heterocycles. The van der Waals surface area contributed by atoms with E-state index < -0.39 is 40.2 Å². The minimum atomic E-state index is -2.26. The van der Waals surface area contributed by atoms with Gasteiger partial charge in [0.25, 0.3) is 0 Å². The summed E-state index contributed by atoms with van der Waals surface area (Å²) in [6.45, 7) is 26.0. The van der Waals surface area contributed by atoms with Crippen LogP contribution in [0.3, 0.4) is 0 Å². The summed E-state index contributed by atoms with van der Waals surface area (Å²) in [4.78, 5) is 44.5. The zero-order valence-electron chi connectivity index (χ0n) is 35.1. The lowest BCUT2D eigenvalue weighted by Crippen LogP contribution is -2.53. The van der Waals surface area contributed by atoms with Gasteiger partial charge in [-0.1, -0.05) is 87.8 Å². The van der Waals surface area contributed by atoms with E-state index in [0.29, 0.717) is 6.42 Å². The van der Waals surface area contributed by atoms with Crippen LogP contribution >= 0.6 is 0 Å². The van der Waals surface area contributed by atoms with Crippen LogP contribution in [0.1, 0.15) is 121 Å². The SMILES string of the molecule is CC[Si](CC)(CC)O[C@H]1[C@@H](C)CCC[C@]2(C)[C@H](C[C@@H](C(C)=O)OC(=O)C[C@H](O[Si](CC)(CC)CC)C(C)(C)C(=O)[C@@H]1C)N2Cc1ccc(OC)cc1. The second-order valence-corrected chi connectivity index (χ2v) is 26.2. The van der Waals surface area contributed by atoms with Crippen molar-refractivity contribution in [2.24, 2.45) is 17.3 Å². The van der Waals surface area contributed by atoms with Crippen molar-refractivity contribution in [2.75, 3.05) is 7.11 Å². The number of benzene rings is 1. The third-order valence-electron chi connectivity index (χ3n) is 13.6. The molecule has 8 atom stereocenters. The van der Waals surface area contributed by atoms with Gasteiger partial charge in [-0.05, 0) is 86.6 Å². The smallest absolute Gasteiger partial charge is 0.309 e. The van der Waals surface area contributed by atoms with Crippen LogP contribution in [0.5, 0.6) is 5.75 Å². The predicted molar refractivity (Wildman–Crippen MR) is 216 cm³/mol. The van der Waals surface area contributed by atoms with Crippen molar-refractivity contribution in [1.29, 1.82) is 0 Å². The van der Waals surface area contributed by atoms with Gasteiger partial charge >= 0.3 is 5.97 Å². The van der Waals surface area contributed by atoms with Crippen LogP contribution in [-0.4, -0.2) is 76.1 Å². The first-order valence-corrected chi connectivity index (χ1v) is 25.5. The van der Waals surface area contributed by atoms with Crippen molar-refractivity contribution in [3.8, 4) is 5.75 Å². The first-order valence-electron chi connectivity index (χ1n) is 20.4. The molecule has 52 heavy (non-hydrogen) atoms. The Labute approximate surface area is 318 Å². The maximum absolute atomic E-state index is 14.9. The van der Waals surface area contributed by atoms with Gasteiger partial charge in [0.2, 0.25) is 0 Å². The number of cyclic esters (lactones) is 1. The zero-order chi connectivity index (χ0) is 39.1. The molecule has 2 fully saturated rings. The summed E-state index contributed by atoms with van der Waals surface area (Å²) in [5, 5.41) is 0. The molecule has 0 bridgehead atoms. The van der Waals surface area contributed by atoms with Crippen molar-refractivity contribution < 1.29 is 32.7 Å². The zero-order valence-corrected chi connectivity index (χ0v) is 37.1. The molecule has 0 radical (unpaired) electrons. The van der Waals surface area contributed by atoms with E-state index in [1.165, 1.54) is 12.5 Å². The summed E-state index contributed by atoms with van der Waals surface area (Å²) >= 11 is 0. The summed E-state index contributed by atoms with van der Waals surface area (Å²) in [7, 11) is -2.66. The number of ether oxygens (including phenoxy) is 2. The van der Waals surface area contributed by atoms with Gasteiger partial charge in [-0.15, -0.1) is 0 Å². The molecule has 8 nitrogen and oxygen atoms in total. The number of fused-ring (bicyclic) bond motifs is 1. The average Bonchev–Trinajstić information content (AvgIpc) is 3.68. The number of carbonyl (C=O) groups is 3.